The predicted octanol–water partition coefficient (Wildman–Crippen LogP) is 1.75. The number of benzene rings is 1. The van der Waals surface area contributed by atoms with Crippen molar-refractivity contribution in [3.05, 3.63) is 28.8 Å². The van der Waals surface area contributed by atoms with Gasteiger partial charge in [0.05, 0.1) is 0 Å². The highest BCUT2D eigenvalue weighted by Gasteiger charge is 2.08. The zero-order chi connectivity index (χ0) is 14.3. The largest absolute Gasteiger partial charge is 0.491 e. The molecule has 3 N–H and O–H groups in total. The summed E-state index contributed by atoms with van der Waals surface area (Å²) in [5.41, 5.74) is 0.948. The van der Waals surface area contributed by atoms with E-state index >= 15 is 0 Å². The van der Waals surface area contributed by atoms with E-state index in [1.165, 1.54) is 0 Å². The number of ether oxygens (including phenoxy) is 1. The molecule has 0 amide bonds. The second kappa shape index (κ2) is 8.38. The maximum absolute atomic E-state index is 9.78. The van der Waals surface area contributed by atoms with Crippen molar-refractivity contribution in [3.8, 4) is 5.75 Å². The predicted molar refractivity (Wildman–Crippen MR) is 76.9 cm³/mol. The Hall–Kier alpha value is -0.810. The molecule has 0 saturated heterocycles. The van der Waals surface area contributed by atoms with Crippen LogP contribution in [0.4, 0.5) is 0 Å². The van der Waals surface area contributed by atoms with Crippen LogP contribution in [-0.2, 0) is 0 Å². The molecule has 1 aromatic rings. The molecule has 0 fully saturated rings. The van der Waals surface area contributed by atoms with Crippen molar-refractivity contribution in [2.75, 3.05) is 19.8 Å². The number of nitrogens with one attached hydrogen (secondary N) is 1. The van der Waals surface area contributed by atoms with Crippen LogP contribution in [0.5, 0.6) is 5.75 Å². The van der Waals surface area contributed by atoms with Crippen LogP contribution in [0.3, 0.4) is 0 Å². The van der Waals surface area contributed by atoms with Gasteiger partial charge in [-0.25, -0.2) is 0 Å². The van der Waals surface area contributed by atoms with Gasteiger partial charge in [0.2, 0.25) is 0 Å². The fraction of sp³-hybridized carbons (Fsp3) is 0.571. The Morgan fingerprint density at radius 3 is 2.79 bits per heavy atom. The molecule has 0 aliphatic heterocycles. The number of hydrogen-bond acceptors (Lipinski definition) is 4. The van der Waals surface area contributed by atoms with Crippen LogP contribution in [0.15, 0.2) is 18.2 Å². The first-order valence-corrected chi connectivity index (χ1v) is 6.82. The molecule has 108 valence electrons. The molecule has 2 atom stereocenters. The third kappa shape index (κ3) is 6.25. The highest BCUT2D eigenvalue weighted by molar-refractivity contribution is 6.31. The maximum atomic E-state index is 9.78. The van der Waals surface area contributed by atoms with E-state index in [0.29, 0.717) is 23.7 Å². The molecule has 1 aromatic carbocycles. The minimum atomic E-state index is -0.586. The van der Waals surface area contributed by atoms with Crippen molar-refractivity contribution in [1.29, 1.82) is 0 Å². The Bertz CT molecular complexity index is 387. The van der Waals surface area contributed by atoms with Gasteiger partial charge in [-0.1, -0.05) is 11.6 Å². The highest BCUT2D eigenvalue weighted by Crippen LogP contribution is 2.21. The molecule has 0 radical (unpaired) electrons. The summed E-state index contributed by atoms with van der Waals surface area (Å²) in [4.78, 5) is 0. The first-order chi connectivity index (χ1) is 9.02. The van der Waals surface area contributed by atoms with Gasteiger partial charge in [0.15, 0.2) is 0 Å². The summed E-state index contributed by atoms with van der Waals surface area (Å²) < 4.78 is 5.50. The first-order valence-electron chi connectivity index (χ1n) is 6.44. The van der Waals surface area contributed by atoms with Crippen LogP contribution in [0.25, 0.3) is 0 Å². The molecule has 0 bridgehead atoms. The SMILES string of the molecule is Cc1cc(OC[C@H](O)CN[C@@H](C)CCO)ccc1Cl. The van der Waals surface area contributed by atoms with E-state index in [1.807, 2.05) is 19.9 Å². The molecular formula is C14H22ClNO3. The molecular weight excluding hydrogens is 266 g/mol. The lowest BCUT2D eigenvalue weighted by molar-refractivity contribution is 0.103. The van der Waals surface area contributed by atoms with E-state index in [0.717, 1.165) is 5.56 Å². The molecule has 0 spiro atoms. The normalized spacial score (nSPS) is 14.2. The monoisotopic (exact) mass is 287 g/mol. The smallest absolute Gasteiger partial charge is 0.119 e. The Balaban J connectivity index is 2.29. The van der Waals surface area contributed by atoms with Crippen molar-refractivity contribution in [1.82, 2.24) is 5.32 Å². The van der Waals surface area contributed by atoms with Crippen LogP contribution in [0, 0.1) is 6.92 Å². The van der Waals surface area contributed by atoms with Crippen molar-refractivity contribution < 1.29 is 14.9 Å². The lowest BCUT2D eigenvalue weighted by Crippen LogP contribution is -2.37. The van der Waals surface area contributed by atoms with Crippen molar-refractivity contribution in [2.24, 2.45) is 0 Å². The van der Waals surface area contributed by atoms with Gasteiger partial charge in [0.1, 0.15) is 18.5 Å². The van der Waals surface area contributed by atoms with Crippen molar-refractivity contribution >= 4 is 11.6 Å². The fourth-order valence-electron chi connectivity index (χ4n) is 1.59. The van der Waals surface area contributed by atoms with Gasteiger partial charge in [-0.05, 0) is 44.0 Å². The number of rotatable bonds is 8. The molecule has 0 aromatic heterocycles. The van der Waals surface area contributed by atoms with E-state index in [4.69, 9.17) is 21.4 Å². The number of aryl methyl sites for hydroxylation is 1. The van der Waals surface area contributed by atoms with Crippen LogP contribution in [0.2, 0.25) is 5.02 Å². The molecule has 0 aliphatic rings. The van der Waals surface area contributed by atoms with E-state index in [-0.39, 0.29) is 19.3 Å². The van der Waals surface area contributed by atoms with Crippen LogP contribution in [0.1, 0.15) is 18.9 Å². The van der Waals surface area contributed by atoms with Crippen molar-refractivity contribution in [3.63, 3.8) is 0 Å². The molecule has 0 unspecified atom stereocenters. The Kier molecular flexibility index (Phi) is 7.16. The molecule has 5 heteroatoms. The van der Waals surface area contributed by atoms with Gasteiger partial charge in [0.25, 0.3) is 0 Å². The third-order valence-corrected chi connectivity index (χ3v) is 3.26. The highest BCUT2D eigenvalue weighted by atomic mass is 35.5. The minimum absolute atomic E-state index is 0.144. The second-order valence-corrected chi connectivity index (χ2v) is 5.10. The summed E-state index contributed by atoms with van der Waals surface area (Å²) in [6.07, 6.45) is 0.0846. The standard InChI is InChI=1S/C14H22ClNO3/c1-10-7-13(3-4-14(10)15)19-9-12(18)8-16-11(2)5-6-17/h3-4,7,11-12,16-18H,5-6,8-9H2,1-2H3/t11-,12+/m0/s1. The van der Waals surface area contributed by atoms with E-state index < -0.39 is 6.10 Å². The first kappa shape index (κ1) is 16.2. The molecule has 1 rings (SSSR count). The van der Waals surface area contributed by atoms with Crippen LogP contribution >= 0.6 is 11.6 Å². The van der Waals surface area contributed by atoms with Gasteiger partial charge < -0.3 is 20.3 Å². The number of hydrogen-bond donors (Lipinski definition) is 3. The van der Waals surface area contributed by atoms with Gasteiger partial charge in [-0.3, -0.25) is 0 Å². The lowest BCUT2D eigenvalue weighted by atomic mass is 10.2. The average Bonchev–Trinajstić information content (AvgIpc) is 2.38. The summed E-state index contributed by atoms with van der Waals surface area (Å²) >= 11 is 5.92. The molecule has 0 heterocycles. The van der Waals surface area contributed by atoms with Crippen molar-refractivity contribution in [2.45, 2.75) is 32.4 Å². The zero-order valence-corrected chi connectivity index (χ0v) is 12.2. The summed E-state index contributed by atoms with van der Waals surface area (Å²) in [7, 11) is 0. The summed E-state index contributed by atoms with van der Waals surface area (Å²) in [6.45, 7) is 4.68. The van der Waals surface area contributed by atoms with Gasteiger partial charge in [-0.15, -0.1) is 0 Å². The fourth-order valence-corrected chi connectivity index (χ4v) is 1.71. The van der Waals surface area contributed by atoms with Gasteiger partial charge in [-0.2, -0.15) is 0 Å². The van der Waals surface area contributed by atoms with E-state index in [1.54, 1.807) is 12.1 Å². The molecule has 0 aliphatic carbocycles. The molecule has 0 saturated carbocycles. The zero-order valence-electron chi connectivity index (χ0n) is 11.4. The second-order valence-electron chi connectivity index (χ2n) is 4.70. The number of halogens is 1. The van der Waals surface area contributed by atoms with Crippen LogP contribution < -0.4 is 10.1 Å². The number of aliphatic hydroxyl groups excluding tert-OH is 2. The Labute approximate surface area is 119 Å². The van der Waals surface area contributed by atoms with E-state index in [9.17, 15) is 5.11 Å². The quantitative estimate of drug-likeness (QED) is 0.682. The van der Waals surface area contributed by atoms with Crippen LogP contribution in [-0.4, -0.2) is 42.1 Å². The number of aliphatic hydroxyl groups is 2. The lowest BCUT2D eigenvalue weighted by Gasteiger charge is -2.17. The summed E-state index contributed by atoms with van der Waals surface area (Å²) in [5, 5.41) is 22.4. The third-order valence-electron chi connectivity index (χ3n) is 2.84. The summed E-state index contributed by atoms with van der Waals surface area (Å²) in [5.74, 6) is 0.698. The average molecular weight is 288 g/mol. The molecule has 4 nitrogen and oxygen atoms in total. The van der Waals surface area contributed by atoms with Gasteiger partial charge in [0, 0.05) is 24.2 Å². The minimum Gasteiger partial charge on any atom is -0.491 e. The van der Waals surface area contributed by atoms with E-state index in [2.05, 4.69) is 5.32 Å². The molecule has 19 heavy (non-hydrogen) atoms. The summed E-state index contributed by atoms with van der Waals surface area (Å²) in [6, 6.07) is 5.58. The Morgan fingerprint density at radius 2 is 2.16 bits per heavy atom. The van der Waals surface area contributed by atoms with Gasteiger partial charge >= 0.3 is 0 Å². The topological polar surface area (TPSA) is 61.7 Å². The maximum Gasteiger partial charge on any atom is 0.119 e. The Morgan fingerprint density at radius 1 is 1.42 bits per heavy atom.